The standard InChI is InChI=1S/C29H35N5O2/c1-32(2)29(36)25-11-7-23(8-12-25)22-5-9-24(10-6-22)28-26-18-33(17-21-15-30-20-31-16-21)13-3-4-14-34(26)27(28)19-35/h5-12,15-16,20,26-28,35H,3-4,13-14,17-19H2,1-2H3/t26-,27-,28-/m0/s1. The molecule has 36 heavy (non-hydrogen) atoms. The lowest BCUT2D eigenvalue weighted by Crippen LogP contribution is -2.67. The number of benzene rings is 2. The second-order valence-electron chi connectivity index (χ2n) is 10.2. The molecule has 0 unspecified atom stereocenters. The van der Waals surface area contributed by atoms with Crippen molar-refractivity contribution in [2.24, 2.45) is 0 Å². The van der Waals surface area contributed by atoms with Crippen LogP contribution in [0.3, 0.4) is 0 Å². The van der Waals surface area contributed by atoms with Crippen molar-refractivity contribution in [3.63, 3.8) is 0 Å². The molecule has 1 N–H and O–H groups in total. The first-order valence-corrected chi connectivity index (χ1v) is 12.8. The first-order chi connectivity index (χ1) is 17.5. The van der Waals surface area contributed by atoms with E-state index in [2.05, 4.69) is 44.0 Å². The van der Waals surface area contributed by atoms with Crippen molar-refractivity contribution in [3.8, 4) is 11.1 Å². The minimum absolute atomic E-state index is 0.00881. The van der Waals surface area contributed by atoms with Gasteiger partial charge >= 0.3 is 0 Å². The number of carbonyl (C=O) groups excluding carboxylic acids is 1. The maximum Gasteiger partial charge on any atom is 0.253 e. The molecule has 3 heterocycles. The highest BCUT2D eigenvalue weighted by Gasteiger charge is 2.49. The molecule has 2 aliphatic rings. The number of amides is 1. The predicted octanol–water partition coefficient (Wildman–Crippen LogP) is 3.27. The third kappa shape index (κ3) is 5.05. The van der Waals surface area contributed by atoms with Gasteiger partial charge in [-0.2, -0.15) is 0 Å². The van der Waals surface area contributed by atoms with Crippen molar-refractivity contribution < 1.29 is 9.90 Å². The number of aromatic nitrogens is 2. The highest BCUT2D eigenvalue weighted by atomic mass is 16.3. The average Bonchev–Trinajstić information content (AvgIpc) is 2.89. The monoisotopic (exact) mass is 485 g/mol. The molecule has 0 spiro atoms. The summed E-state index contributed by atoms with van der Waals surface area (Å²) in [5.41, 5.74) is 5.33. The molecule has 2 aromatic carbocycles. The highest BCUT2D eigenvalue weighted by Crippen LogP contribution is 2.42. The fraction of sp³-hybridized carbons (Fsp3) is 0.414. The first kappa shape index (κ1) is 24.6. The Morgan fingerprint density at radius 3 is 2.25 bits per heavy atom. The number of fused-ring (bicyclic) bond motifs is 1. The van der Waals surface area contributed by atoms with E-state index in [1.807, 2.05) is 36.7 Å². The zero-order chi connectivity index (χ0) is 25.1. The Labute approximate surface area is 213 Å². The van der Waals surface area contributed by atoms with E-state index >= 15 is 0 Å². The van der Waals surface area contributed by atoms with E-state index in [1.54, 1.807) is 25.3 Å². The largest absolute Gasteiger partial charge is 0.395 e. The molecule has 5 rings (SSSR count). The van der Waals surface area contributed by atoms with Crippen LogP contribution in [0.25, 0.3) is 11.1 Å². The summed E-state index contributed by atoms with van der Waals surface area (Å²) < 4.78 is 0. The Balaban J connectivity index is 1.33. The number of aliphatic hydroxyl groups excluding tert-OH is 1. The normalized spacial score (nSPS) is 22.7. The summed E-state index contributed by atoms with van der Waals surface area (Å²) in [7, 11) is 3.53. The Hall–Kier alpha value is -3.13. The summed E-state index contributed by atoms with van der Waals surface area (Å²) >= 11 is 0. The fourth-order valence-electron chi connectivity index (χ4n) is 5.79. The molecule has 7 nitrogen and oxygen atoms in total. The fourth-order valence-corrected chi connectivity index (χ4v) is 5.79. The lowest BCUT2D eigenvalue weighted by molar-refractivity contribution is -0.0655. The third-order valence-electron chi connectivity index (χ3n) is 7.64. The Kier molecular flexibility index (Phi) is 7.41. The molecule has 0 aliphatic carbocycles. The Bertz CT molecular complexity index is 1150. The van der Waals surface area contributed by atoms with Gasteiger partial charge in [0.1, 0.15) is 6.33 Å². The SMILES string of the molecule is CN(C)C(=O)c1ccc(-c2ccc([C@@H]3[C@H](CO)N4CCCCN(Cc5cncnc5)C[C@@H]34)cc2)cc1. The van der Waals surface area contributed by atoms with Crippen LogP contribution in [0.5, 0.6) is 0 Å². The zero-order valence-corrected chi connectivity index (χ0v) is 21.1. The van der Waals surface area contributed by atoms with Crippen molar-refractivity contribution in [2.75, 3.05) is 40.3 Å². The van der Waals surface area contributed by atoms with E-state index in [1.165, 1.54) is 5.56 Å². The second kappa shape index (κ2) is 10.9. The van der Waals surface area contributed by atoms with Gasteiger partial charge in [-0.3, -0.25) is 14.6 Å². The summed E-state index contributed by atoms with van der Waals surface area (Å²) in [6.45, 7) is 4.12. The van der Waals surface area contributed by atoms with Crippen molar-refractivity contribution in [3.05, 3.63) is 83.9 Å². The molecule has 1 amide bonds. The van der Waals surface area contributed by atoms with Gasteiger partial charge in [-0.1, -0.05) is 36.4 Å². The average molecular weight is 486 g/mol. The van der Waals surface area contributed by atoms with Crippen molar-refractivity contribution in [1.82, 2.24) is 24.7 Å². The molecule has 3 atom stereocenters. The molecule has 3 aromatic rings. The molecule has 188 valence electrons. The number of aliphatic hydroxyl groups is 1. The van der Waals surface area contributed by atoms with Crippen LogP contribution in [-0.2, 0) is 6.54 Å². The molecule has 2 fully saturated rings. The van der Waals surface area contributed by atoms with Crippen LogP contribution < -0.4 is 0 Å². The van der Waals surface area contributed by atoms with Crippen LogP contribution in [0.2, 0.25) is 0 Å². The van der Waals surface area contributed by atoms with Gasteiger partial charge in [-0.15, -0.1) is 0 Å². The van der Waals surface area contributed by atoms with Crippen LogP contribution in [0, 0.1) is 0 Å². The van der Waals surface area contributed by atoms with Gasteiger partial charge in [0, 0.05) is 68.7 Å². The molecular formula is C29H35N5O2. The molecule has 2 saturated heterocycles. The summed E-state index contributed by atoms with van der Waals surface area (Å²) in [5, 5.41) is 10.3. The quantitative estimate of drug-likeness (QED) is 0.578. The number of nitrogens with zero attached hydrogens (tertiary/aromatic N) is 5. The Morgan fingerprint density at radius 1 is 0.972 bits per heavy atom. The molecule has 1 aromatic heterocycles. The predicted molar refractivity (Wildman–Crippen MR) is 141 cm³/mol. The molecule has 0 saturated carbocycles. The van der Waals surface area contributed by atoms with Crippen LogP contribution in [0.4, 0.5) is 0 Å². The molecule has 2 aliphatic heterocycles. The van der Waals surface area contributed by atoms with E-state index in [4.69, 9.17) is 0 Å². The summed E-state index contributed by atoms with van der Waals surface area (Å²) in [5.74, 6) is 0.311. The van der Waals surface area contributed by atoms with Crippen molar-refractivity contribution in [2.45, 2.75) is 37.4 Å². The van der Waals surface area contributed by atoms with Crippen molar-refractivity contribution >= 4 is 5.91 Å². The smallest absolute Gasteiger partial charge is 0.253 e. The van der Waals surface area contributed by atoms with E-state index in [-0.39, 0.29) is 18.6 Å². The first-order valence-electron chi connectivity index (χ1n) is 12.8. The summed E-state index contributed by atoms with van der Waals surface area (Å²) in [6.07, 6.45) is 7.69. The lowest BCUT2D eigenvalue weighted by atomic mass is 9.74. The second-order valence-corrected chi connectivity index (χ2v) is 10.2. The number of rotatable bonds is 6. The third-order valence-corrected chi connectivity index (χ3v) is 7.64. The zero-order valence-electron chi connectivity index (χ0n) is 21.1. The van der Waals surface area contributed by atoms with Crippen LogP contribution in [0.1, 0.15) is 40.2 Å². The number of carbonyl (C=O) groups is 1. The van der Waals surface area contributed by atoms with Gasteiger partial charge in [0.25, 0.3) is 5.91 Å². The van der Waals surface area contributed by atoms with E-state index in [9.17, 15) is 9.90 Å². The lowest BCUT2D eigenvalue weighted by Gasteiger charge is -2.57. The van der Waals surface area contributed by atoms with Gasteiger partial charge < -0.3 is 10.0 Å². The molecular weight excluding hydrogens is 450 g/mol. The number of hydrogen-bond acceptors (Lipinski definition) is 6. The topological polar surface area (TPSA) is 72.8 Å². The maximum atomic E-state index is 12.2. The van der Waals surface area contributed by atoms with Gasteiger partial charge in [0.05, 0.1) is 6.61 Å². The number of hydrogen-bond donors (Lipinski definition) is 1. The van der Waals surface area contributed by atoms with Crippen molar-refractivity contribution in [1.29, 1.82) is 0 Å². The van der Waals surface area contributed by atoms with Gasteiger partial charge in [-0.05, 0) is 54.8 Å². The summed E-state index contributed by atoms with van der Waals surface area (Å²) in [6, 6.07) is 17.1. The molecule has 0 bridgehead atoms. The minimum atomic E-state index is 0.00881. The highest BCUT2D eigenvalue weighted by molar-refractivity contribution is 5.94. The van der Waals surface area contributed by atoms with Gasteiger partial charge in [-0.25, -0.2) is 9.97 Å². The van der Waals surface area contributed by atoms with Crippen LogP contribution in [-0.4, -0.2) is 88.1 Å². The van der Waals surface area contributed by atoms with E-state index < -0.39 is 0 Å². The van der Waals surface area contributed by atoms with Gasteiger partial charge in [0.15, 0.2) is 0 Å². The van der Waals surface area contributed by atoms with E-state index in [0.29, 0.717) is 17.5 Å². The maximum absolute atomic E-state index is 12.2. The summed E-state index contributed by atoms with van der Waals surface area (Å²) in [4.78, 5) is 27.2. The molecule has 7 heteroatoms. The minimum Gasteiger partial charge on any atom is -0.395 e. The van der Waals surface area contributed by atoms with Crippen LogP contribution in [0.15, 0.2) is 67.3 Å². The van der Waals surface area contributed by atoms with Crippen LogP contribution >= 0.6 is 0 Å². The molecule has 0 radical (unpaired) electrons. The van der Waals surface area contributed by atoms with Gasteiger partial charge in [0.2, 0.25) is 0 Å². The Morgan fingerprint density at radius 2 is 1.61 bits per heavy atom. The van der Waals surface area contributed by atoms with E-state index in [0.717, 1.165) is 55.7 Å².